The molecule has 0 saturated carbocycles. The van der Waals surface area contributed by atoms with Gasteiger partial charge in [-0.3, -0.25) is 4.79 Å². The number of rotatable bonds is 8. The molecule has 1 unspecified atom stereocenters. The van der Waals surface area contributed by atoms with Crippen molar-refractivity contribution in [3.8, 4) is 22.6 Å². The average Bonchev–Trinajstić information content (AvgIpc) is 3.42. The average molecular weight is 527 g/mol. The zero-order chi connectivity index (χ0) is 27.6. The molecule has 4 rings (SSSR count). The topological polar surface area (TPSA) is 88.6 Å². The molecule has 1 aromatic heterocycles. The largest absolute Gasteiger partial charge is 0.496 e. The van der Waals surface area contributed by atoms with Gasteiger partial charge in [0.25, 0.3) is 0 Å². The van der Waals surface area contributed by atoms with Crippen molar-refractivity contribution in [2.45, 2.75) is 12.1 Å². The molecule has 3 aromatic carbocycles. The van der Waals surface area contributed by atoms with Crippen LogP contribution in [0.1, 0.15) is 43.5 Å². The molecule has 1 heterocycles. The minimum Gasteiger partial charge on any atom is -0.496 e. The molecule has 0 bridgehead atoms. The molecule has 0 saturated heterocycles. The van der Waals surface area contributed by atoms with E-state index in [2.05, 4.69) is 4.98 Å². The number of alkyl halides is 3. The Morgan fingerprint density at radius 3 is 2.08 bits per heavy atom. The first-order chi connectivity index (χ1) is 18.0. The molecule has 4 aromatic rings. The predicted molar refractivity (Wildman–Crippen MR) is 130 cm³/mol. The Labute approximate surface area is 214 Å². The van der Waals surface area contributed by atoms with Crippen molar-refractivity contribution in [3.63, 3.8) is 0 Å². The van der Waals surface area contributed by atoms with Crippen LogP contribution in [0.15, 0.2) is 72.9 Å². The van der Waals surface area contributed by atoms with Gasteiger partial charge in [-0.05, 0) is 65.7 Å². The second-order valence-electron chi connectivity index (χ2n) is 8.29. The zero-order valence-corrected chi connectivity index (χ0v) is 20.1. The van der Waals surface area contributed by atoms with E-state index in [1.54, 1.807) is 42.6 Å². The van der Waals surface area contributed by atoms with Gasteiger partial charge in [-0.2, -0.15) is 13.2 Å². The number of Topliss-reactive ketones (excluding diaryl/α,β-unsaturated/α-hetero) is 1. The van der Waals surface area contributed by atoms with Crippen LogP contribution >= 0.6 is 0 Å². The number of nitrogens with one attached hydrogen (secondary N) is 1. The molecule has 0 amide bonds. The van der Waals surface area contributed by atoms with Crippen molar-refractivity contribution >= 4 is 11.8 Å². The van der Waals surface area contributed by atoms with Crippen LogP contribution in [0.5, 0.6) is 11.5 Å². The minimum absolute atomic E-state index is 0.0776. The van der Waals surface area contributed by atoms with Crippen molar-refractivity contribution in [1.29, 1.82) is 0 Å². The lowest BCUT2D eigenvalue weighted by molar-refractivity contribution is -0.137. The van der Waals surface area contributed by atoms with Crippen LogP contribution < -0.4 is 9.47 Å². The molecular weight excluding hydrogens is 506 g/mol. The molecule has 2 N–H and O–H groups in total. The highest BCUT2D eigenvalue weighted by molar-refractivity contribution is 6.03. The van der Waals surface area contributed by atoms with Crippen LogP contribution in [0.25, 0.3) is 11.1 Å². The highest BCUT2D eigenvalue weighted by Crippen LogP contribution is 2.39. The predicted octanol–water partition coefficient (Wildman–Crippen LogP) is 6.57. The van der Waals surface area contributed by atoms with E-state index in [1.165, 1.54) is 26.4 Å². The van der Waals surface area contributed by atoms with Gasteiger partial charge in [-0.1, -0.05) is 12.1 Å². The molecule has 196 valence electrons. The van der Waals surface area contributed by atoms with Gasteiger partial charge < -0.3 is 19.6 Å². The maximum atomic E-state index is 14.8. The summed E-state index contributed by atoms with van der Waals surface area (Å²) in [6.07, 6.45) is -3.22. The molecule has 0 fully saturated rings. The van der Waals surface area contributed by atoms with Crippen LogP contribution in [0.3, 0.4) is 0 Å². The Morgan fingerprint density at radius 1 is 0.868 bits per heavy atom. The van der Waals surface area contributed by atoms with Crippen LogP contribution in [0.4, 0.5) is 17.6 Å². The number of carbonyl (C=O) groups is 2. The van der Waals surface area contributed by atoms with E-state index in [0.717, 1.165) is 6.07 Å². The van der Waals surface area contributed by atoms with E-state index in [9.17, 15) is 32.3 Å². The van der Waals surface area contributed by atoms with Crippen LogP contribution in [-0.4, -0.2) is 36.1 Å². The molecule has 6 nitrogen and oxygen atoms in total. The van der Waals surface area contributed by atoms with E-state index >= 15 is 0 Å². The van der Waals surface area contributed by atoms with E-state index in [-0.39, 0.29) is 23.1 Å². The SMILES string of the molecule is COc1ccc(-c2ccc(OC)c(C(C(=O)c3ccc(C(F)(F)F)cc3F)c3ccc[nH]3)c2)cc1C(=O)O. The minimum atomic E-state index is -4.77. The number of aromatic carboxylic acids is 1. The lowest BCUT2D eigenvalue weighted by Gasteiger charge is -2.20. The first kappa shape index (κ1) is 26.5. The zero-order valence-electron chi connectivity index (χ0n) is 20.1. The van der Waals surface area contributed by atoms with Crippen molar-refractivity contribution < 1.29 is 41.7 Å². The van der Waals surface area contributed by atoms with E-state index < -0.39 is 40.8 Å². The summed E-state index contributed by atoms with van der Waals surface area (Å²) in [7, 11) is 2.73. The number of hydrogen-bond donors (Lipinski definition) is 2. The molecule has 0 aliphatic heterocycles. The number of carbonyl (C=O) groups excluding carboxylic acids is 1. The fraction of sp³-hybridized carbons (Fsp3) is 0.143. The third-order valence-electron chi connectivity index (χ3n) is 6.06. The number of H-pyrrole nitrogens is 1. The van der Waals surface area contributed by atoms with E-state index in [0.29, 0.717) is 28.5 Å². The summed E-state index contributed by atoms with van der Waals surface area (Å²) in [5.74, 6) is -4.06. The monoisotopic (exact) mass is 527 g/mol. The summed E-state index contributed by atoms with van der Waals surface area (Å²) in [4.78, 5) is 28.3. The normalized spacial score (nSPS) is 12.2. The molecular formula is C28H21F4NO5. The van der Waals surface area contributed by atoms with Gasteiger partial charge in [0.15, 0.2) is 5.78 Å². The lowest BCUT2D eigenvalue weighted by Crippen LogP contribution is -2.18. The summed E-state index contributed by atoms with van der Waals surface area (Å²) >= 11 is 0. The Kier molecular flexibility index (Phi) is 7.25. The Bertz CT molecular complexity index is 1500. The first-order valence-electron chi connectivity index (χ1n) is 11.2. The summed E-state index contributed by atoms with van der Waals surface area (Å²) in [6.45, 7) is 0. The summed E-state index contributed by atoms with van der Waals surface area (Å²) < 4.78 is 64.6. The fourth-order valence-corrected chi connectivity index (χ4v) is 4.21. The van der Waals surface area contributed by atoms with Gasteiger partial charge in [-0.25, -0.2) is 9.18 Å². The maximum Gasteiger partial charge on any atom is 0.416 e. The summed E-state index contributed by atoms with van der Waals surface area (Å²) in [6, 6.07) is 14.3. The second kappa shape index (κ2) is 10.4. The number of carboxylic acid groups (broad SMARTS) is 1. The fourth-order valence-electron chi connectivity index (χ4n) is 4.21. The van der Waals surface area contributed by atoms with Gasteiger partial charge in [0.1, 0.15) is 22.9 Å². The Hall–Kier alpha value is -4.60. The first-order valence-corrected chi connectivity index (χ1v) is 11.2. The van der Waals surface area contributed by atoms with Crippen LogP contribution in [-0.2, 0) is 6.18 Å². The van der Waals surface area contributed by atoms with Crippen LogP contribution in [0.2, 0.25) is 0 Å². The summed E-state index contributed by atoms with van der Waals surface area (Å²) in [5.41, 5.74) is -0.158. The Balaban J connectivity index is 1.87. The molecule has 38 heavy (non-hydrogen) atoms. The highest BCUT2D eigenvalue weighted by atomic mass is 19.4. The summed E-state index contributed by atoms with van der Waals surface area (Å²) in [5, 5.41) is 9.56. The van der Waals surface area contributed by atoms with Gasteiger partial charge in [0.05, 0.1) is 31.3 Å². The lowest BCUT2D eigenvalue weighted by atomic mass is 9.85. The number of benzene rings is 3. The van der Waals surface area contributed by atoms with Gasteiger partial charge in [-0.15, -0.1) is 0 Å². The quantitative estimate of drug-likeness (QED) is 0.200. The number of ether oxygens (including phenoxy) is 2. The highest BCUT2D eigenvalue weighted by Gasteiger charge is 2.34. The molecule has 0 radical (unpaired) electrons. The van der Waals surface area contributed by atoms with Gasteiger partial charge in [0.2, 0.25) is 0 Å². The van der Waals surface area contributed by atoms with Gasteiger partial charge in [0, 0.05) is 17.5 Å². The van der Waals surface area contributed by atoms with Crippen molar-refractivity contribution in [3.05, 3.63) is 107 Å². The number of aromatic amines is 1. The third-order valence-corrected chi connectivity index (χ3v) is 6.06. The second-order valence-corrected chi connectivity index (χ2v) is 8.29. The van der Waals surface area contributed by atoms with Crippen LogP contribution in [0, 0.1) is 5.82 Å². The smallest absolute Gasteiger partial charge is 0.416 e. The van der Waals surface area contributed by atoms with E-state index in [1.807, 2.05) is 0 Å². The molecule has 0 aliphatic rings. The third kappa shape index (κ3) is 5.10. The number of halogens is 4. The standard InChI is InChI=1S/C28H21F4NO5/c1-37-23-9-5-15(16-6-10-24(38-2)20(13-16)27(35)36)12-19(23)25(22-4-3-11-33-22)26(34)18-8-7-17(14-21(18)29)28(30,31)32/h3-14,25,33H,1-2H3,(H,35,36). The molecule has 10 heteroatoms. The molecule has 0 aliphatic carbocycles. The van der Waals surface area contributed by atoms with Crippen molar-refractivity contribution in [1.82, 2.24) is 4.98 Å². The van der Waals surface area contributed by atoms with Crippen molar-refractivity contribution in [2.75, 3.05) is 14.2 Å². The Morgan fingerprint density at radius 2 is 1.53 bits per heavy atom. The number of methoxy groups -OCH3 is 2. The maximum absolute atomic E-state index is 14.8. The number of ketones is 1. The number of hydrogen-bond acceptors (Lipinski definition) is 4. The van der Waals surface area contributed by atoms with Crippen molar-refractivity contribution in [2.24, 2.45) is 0 Å². The van der Waals surface area contributed by atoms with E-state index in [4.69, 9.17) is 9.47 Å². The molecule has 1 atom stereocenters. The molecule has 0 spiro atoms. The number of aromatic nitrogens is 1. The number of carboxylic acids is 1. The van der Waals surface area contributed by atoms with Gasteiger partial charge >= 0.3 is 12.1 Å².